The van der Waals surface area contributed by atoms with Crippen LogP contribution < -0.4 is 5.32 Å². The van der Waals surface area contributed by atoms with E-state index in [4.69, 9.17) is 4.52 Å². The maximum absolute atomic E-state index is 13.4. The van der Waals surface area contributed by atoms with Crippen LogP contribution in [-0.4, -0.2) is 35.8 Å². The molecule has 0 radical (unpaired) electrons. The standard InChI is InChI=1S/C32H26F3N3O5S/c1-19-36-31(43-38-19)28(17-20-3-5-21(6-4-20)22-9-14-26(15-10-22)44(2,41)42)37-30(40)27-18-24(11-16-29(27)39)23-7-12-25(13-8-23)32(33,34)35/h3-16,18,28,39H,17H2,1-2H3,(H,37,40)/t28-/m1/s1. The van der Waals surface area contributed by atoms with E-state index in [0.717, 1.165) is 35.1 Å². The molecule has 0 spiro atoms. The third kappa shape index (κ3) is 6.97. The summed E-state index contributed by atoms with van der Waals surface area (Å²) in [6, 6.07) is 21.9. The van der Waals surface area contributed by atoms with Crippen molar-refractivity contribution >= 4 is 15.7 Å². The number of amides is 1. The number of halogens is 3. The van der Waals surface area contributed by atoms with E-state index in [1.165, 1.54) is 30.3 Å². The number of rotatable bonds is 8. The van der Waals surface area contributed by atoms with Gasteiger partial charge in [-0.3, -0.25) is 4.79 Å². The number of alkyl halides is 3. The largest absolute Gasteiger partial charge is 0.507 e. The number of phenols is 1. The van der Waals surface area contributed by atoms with Gasteiger partial charge >= 0.3 is 6.18 Å². The fourth-order valence-corrected chi connectivity index (χ4v) is 5.23. The molecule has 0 saturated heterocycles. The predicted octanol–water partition coefficient (Wildman–Crippen LogP) is 6.55. The molecule has 4 aromatic carbocycles. The van der Waals surface area contributed by atoms with Crippen LogP contribution in [0.25, 0.3) is 22.3 Å². The second-order valence-corrected chi connectivity index (χ2v) is 12.2. The summed E-state index contributed by atoms with van der Waals surface area (Å²) >= 11 is 0. The zero-order valence-electron chi connectivity index (χ0n) is 23.5. The molecule has 12 heteroatoms. The average Bonchev–Trinajstić information content (AvgIpc) is 3.43. The number of benzene rings is 4. The van der Waals surface area contributed by atoms with E-state index in [1.54, 1.807) is 31.2 Å². The SMILES string of the molecule is Cc1noc([C@@H](Cc2ccc(-c3ccc(S(C)(=O)=O)cc3)cc2)NC(=O)c2cc(-c3ccc(C(F)(F)F)cc3)ccc2O)n1. The van der Waals surface area contributed by atoms with E-state index >= 15 is 0 Å². The van der Waals surface area contributed by atoms with Crippen LogP contribution in [0.1, 0.15) is 39.2 Å². The maximum Gasteiger partial charge on any atom is 0.416 e. The van der Waals surface area contributed by atoms with Crippen LogP contribution in [0.5, 0.6) is 5.75 Å². The van der Waals surface area contributed by atoms with Crippen LogP contribution >= 0.6 is 0 Å². The number of carbonyl (C=O) groups is 1. The Balaban J connectivity index is 1.37. The molecule has 44 heavy (non-hydrogen) atoms. The number of hydrogen-bond acceptors (Lipinski definition) is 7. The third-order valence-electron chi connectivity index (χ3n) is 6.94. The van der Waals surface area contributed by atoms with Gasteiger partial charge in [-0.15, -0.1) is 0 Å². The summed E-state index contributed by atoms with van der Waals surface area (Å²) in [5.41, 5.74) is 2.47. The number of aryl methyl sites for hydroxylation is 1. The minimum Gasteiger partial charge on any atom is -0.507 e. The van der Waals surface area contributed by atoms with Crippen molar-refractivity contribution in [1.82, 2.24) is 15.5 Å². The lowest BCUT2D eigenvalue weighted by molar-refractivity contribution is -0.137. The molecule has 0 aliphatic rings. The van der Waals surface area contributed by atoms with Crippen molar-refractivity contribution in [1.29, 1.82) is 0 Å². The van der Waals surface area contributed by atoms with Crippen LogP contribution in [0.2, 0.25) is 0 Å². The van der Waals surface area contributed by atoms with Gasteiger partial charge in [0.15, 0.2) is 15.7 Å². The Morgan fingerprint density at radius 3 is 1.98 bits per heavy atom. The van der Waals surface area contributed by atoms with Crippen molar-refractivity contribution in [2.24, 2.45) is 0 Å². The molecule has 5 aromatic rings. The molecule has 0 aliphatic carbocycles. The Bertz CT molecular complexity index is 1900. The summed E-state index contributed by atoms with van der Waals surface area (Å²) < 4.78 is 67.8. The second-order valence-electron chi connectivity index (χ2n) is 10.2. The number of aromatic nitrogens is 2. The van der Waals surface area contributed by atoms with Crippen LogP contribution in [0.3, 0.4) is 0 Å². The maximum atomic E-state index is 13.4. The molecule has 0 aliphatic heterocycles. The molecule has 8 nitrogen and oxygen atoms in total. The minimum absolute atomic E-state index is 0.0866. The van der Waals surface area contributed by atoms with E-state index in [9.17, 15) is 31.5 Å². The molecular formula is C32H26F3N3O5S. The van der Waals surface area contributed by atoms with E-state index in [0.29, 0.717) is 17.0 Å². The summed E-state index contributed by atoms with van der Waals surface area (Å²) in [4.78, 5) is 17.9. The quantitative estimate of drug-likeness (QED) is 0.201. The summed E-state index contributed by atoms with van der Waals surface area (Å²) in [6.45, 7) is 1.63. The smallest absolute Gasteiger partial charge is 0.416 e. The highest BCUT2D eigenvalue weighted by Gasteiger charge is 2.30. The van der Waals surface area contributed by atoms with Gasteiger partial charge in [0.25, 0.3) is 5.91 Å². The van der Waals surface area contributed by atoms with Crippen molar-refractivity contribution < 1.29 is 36.0 Å². The number of nitrogens with one attached hydrogen (secondary N) is 1. The highest BCUT2D eigenvalue weighted by atomic mass is 32.2. The Labute approximate surface area is 251 Å². The molecule has 5 rings (SSSR count). The van der Waals surface area contributed by atoms with Crippen molar-refractivity contribution in [3.05, 3.63) is 119 Å². The van der Waals surface area contributed by atoms with E-state index in [-0.39, 0.29) is 28.5 Å². The zero-order chi connectivity index (χ0) is 31.6. The molecule has 0 unspecified atom stereocenters. The van der Waals surface area contributed by atoms with Crippen molar-refractivity contribution in [3.8, 4) is 28.0 Å². The van der Waals surface area contributed by atoms with Gasteiger partial charge in [-0.1, -0.05) is 59.8 Å². The molecule has 1 atom stereocenters. The van der Waals surface area contributed by atoms with Gasteiger partial charge in [0.05, 0.1) is 16.0 Å². The Morgan fingerprint density at radius 1 is 0.886 bits per heavy atom. The average molecular weight is 622 g/mol. The fourth-order valence-electron chi connectivity index (χ4n) is 4.60. The first-order chi connectivity index (χ1) is 20.8. The Kier molecular flexibility index (Phi) is 8.29. The van der Waals surface area contributed by atoms with Gasteiger partial charge in [-0.2, -0.15) is 18.2 Å². The monoisotopic (exact) mass is 621 g/mol. The van der Waals surface area contributed by atoms with Crippen LogP contribution in [-0.2, 0) is 22.4 Å². The minimum atomic E-state index is -4.48. The summed E-state index contributed by atoms with van der Waals surface area (Å²) in [6.07, 6.45) is -3.08. The fraction of sp³-hybridized carbons (Fsp3) is 0.156. The lowest BCUT2D eigenvalue weighted by Crippen LogP contribution is -2.30. The van der Waals surface area contributed by atoms with Gasteiger partial charge in [-0.25, -0.2) is 8.42 Å². The number of aromatic hydroxyl groups is 1. The molecule has 1 amide bonds. The molecule has 0 saturated carbocycles. The number of phenolic OH excluding ortho intramolecular Hbond substituents is 1. The van der Waals surface area contributed by atoms with Gasteiger partial charge in [0.2, 0.25) is 5.89 Å². The van der Waals surface area contributed by atoms with E-state index in [2.05, 4.69) is 15.5 Å². The first-order valence-corrected chi connectivity index (χ1v) is 15.2. The topological polar surface area (TPSA) is 122 Å². The number of carbonyl (C=O) groups excluding carboxylic acids is 1. The number of hydrogen-bond donors (Lipinski definition) is 2. The van der Waals surface area contributed by atoms with E-state index in [1.807, 2.05) is 24.3 Å². The van der Waals surface area contributed by atoms with Crippen LogP contribution in [0, 0.1) is 6.92 Å². The predicted molar refractivity (Wildman–Crippen MR) is 156 cm³/mol. The molecular weight excluding hydrogens is 595 g/mol. The van der Waals surface area contributed by atoms with Crippen molar-refractivity contribution in [2.75, 3.05) is 6.26 Å². The highest BCUT2D eigenvalue weighted by Crippen LogP contribution is 2.32. The molecule has 226 valence electrons. The highest BCUT2D eigenvalue weighted by molar-refractivity contribution is 7.90. The Morgan fingerprint density at radius 2 is 1.43 bits per heavy atom. The zero-order valence-corrected chi connectivity index (χ0v) is 24.3. The van der Waals surface area contributed by atoms with Crippen molar-refractivity contribution in [3.63, 3.8) is 0 Å². The molecule has 1 heterocycles. The van der Waals surface area contributed by atoms with E-state index < -0.39 is 33.5 Å². The summed E-state index contributed by atoms with van der Waals surface area (Å²) in [5, 5.41) is 17.1. The second kappa shape index (κ2) is 12.0. The van der Waals surface area contributed by atoms with Gasteiger partial charge < -0.3 is 14.9 Å². The lowest BCUT2D eigenvalue weighted by atomic mass is 9.99. The van der Waals surface area contributed by atoms with Crippen LogP contribution in [0.4, 0.5) is 13.2 Å². The number of sulfone groups is 1. The molecule has 0 bridgehead atoms. The van der Waals surface area contributed by atoms with Gasteiger partial charge in [-0.05, 0) is 71.1 Å². The molecule has 0 fully saturated rings. The third-order valence-corrected chi connectivity index (χ3v) is 8.07. The normalized spacial score (nSPS) is 12.6. The van der Waals surface area contributed by atoms with Crippen LogP contribution in [0.15, 0.2) is 100 Å². The Hall–Kier alpha value is -4.97. The van der Waals surface area contributed by atoms with Gasteiger partial charge in [0, 0.05) is 12.7 Å². The first-order valence-electron chi connectivity index (χ1n) is 13.3. The molecule has 1 aromatic heterocycles. The lowest BCUT2D eigenvalue weighted by Gasteiger charge is -2.17. The van der Waals surface area contributed by atoms with Gasteiger partial charge in [0.1, 0.15) is 11.8 Å². The van der Waals surface area contributed by atoms with Crippen molar-refractivity contribution in [2.45, 2.75) is 30.5 Å². The number of nitrogens with zero attached hydrogens (tertiary/aromatic N) is 2. The summed E-state index contributed by atoms with van der Waals surface area (Å²) in [5.74, 6) is -0.460. The summed E-state index contributed by atoms with van der Waals surface area (Å²) in [7, 11) is -3.31. The molecule has 2 N–H and O–H groups in total. The first kappa shape index (κ1) is 30.5.